The highest BCUT2D eigenvalue weighted by Gasteiger charge is 2.31. The molecule has 1 fully saturated rings. The fourth-order valence-electron chi connectivity index (χ4n) is 1.78. The molecule has 16 heavy (non-hydrogen) atoms. The zero-order chi connectivity index (χ0) is 11.5. The maximum absolute atomic E-state index is 12.1. The lowest BCUT2D eigenvalue weighted by molar-refractivity contribution is -0.114. The second kappa shape index (κ2) is 4.26. The Hall–Kier alpha value is -1.97. The van der Waals surface area contributed by atoms with Crippen molar-refractivity contribution in [2.24, 2.45) is 4.99 Å². The van der Waals surface area contributed by atoms with Crippen LogP contribution in [0.3, 0.4) is 0 Å². The number of allylic oxidation sites excluding steroid dienone is 1. The predicted octanol–water partition coefficient (Wildman–Crippen LogP) is 1.45. The minimum absolute atomic E-state index is 0.00361. The fourth-order valence-corrected chi connectivity index (χ4v) is 1.78. The first kappa shape index (κ1) is 10.5. The molecule has 4 nitrogen and oxygen atoms in total. The topological polar surface area (TPSA) is 45.6 Å². The summed E-state index contributed by atoms with van der Waals surface area (Å²) in [5.74, 6) is -0.00361. The van der Waals surface area contributed by atoms with Crippen LogP contribution in [0.15, 0.2) is 41.2 Å². The van der Waals surface area contributed by atoms with Crippen molar-refractivity contribution < 1.29 is 4.79 Å². The van der Waals surface area contributed by atoms with E-state index in [0.717, 1.165) is 11.4 Å². The van der Waals surface area contributed by atoms with Gasteiger partial charge >= 0.3 is 0 Å². The summed E-state index contributed by atoms with van der Waals surface area (Å²) in [4.78, 5) is 21.9. The van der Waals surface area contributed by atoms with Crippen LogP contribution in [0.4, 0.5) is 5.69 Å². The maximum Gasteiger partial charge on any atom is 0.260 e. The smallest absolute Gasteiger partial charge is 0.260 e. The quantitative estimate of drug-likeness (QED) is 0.665. The number of rotatable bonds is 1. The largest absolute Gasteiger partial charge is 0.301 e. The van der Waals surface area contributed by atoms with E-state index in [1.807, 2.05) is 19.1 Å². The highest BCUT2D eigenvalue weighted by molar-refractivity contribution is 6.33. The molecule has 0 aromatic carbocycles. The van der Waals surface area contributed by atoms with Crippen molar-refractivity contribution >= 4 is 17.3 Å². The van der Waals surface area contributed by atoms with Crippen molar-refractivity contribution in [1.29, 1.82) is 0 Å². The van der Waals surface area contributed by atoms with E-state index < -0.39 is 0 Å². The lowest BCUT2D eigenvalue weighted by Crippen LogP contribution is -2.24. The summed E-state index contributed by atoms with van der Waals surface area (Å²) in [7, 11) is 1.71. The molecule has 82 valence electrons. The average molecular weight is 215 g/mol. The highest BCUT2D eigenvalue weighted by Crippen LogP contribution is 2.22. The average Bonchev–Trinajstić information content (AvgIpc) is 2.66. The van der Waals surface area contributed by atoms with Crippen LogP contribution in [-0.4, -0.2) is 30.2 Å². The highest BCUT2D eigenvalue weighted by atomic mass is 16.2. The molecule has 0 aliphatic carbocycles. The van der Waals surface area contributed by atoms with E-state index in [-0.39, 0.29) is 5.91 Å². The van der Waals surface area contributed by atoms with E-state index in [0.29, 0.717) is 12.1 Å². The molecule has 2 rings (SSSR count). The predicted molar refractivity (Wildman–Crippen MR) is 63.7 cm³/mol. The Morgan fingerprint density at radius 1 is 1.56 bits per heavy atom. The summed E-state index contributed by atoms with van der Waals surface area (Å²) in [6.07, 6.45) is 5.18. The van der Waals surface area contributed by atoms with Gasteiger partial charge in [-0.05, 0) is 19.1 Å². The van der Waals surface area contributed by atoms with Crippen molar-refractivity contribution in [3.05, 3.63) is 36.2 Å². The standard InChI is InChI=1S/C12H13N3O/c1-3-10-11(13-2)8-15(12(10)16)9-5-4-6-14-7-9/h3-7H,8H2,1-2H3/b10-3+,13-11?. The van der Waals surface area contributed by atoms with Gasteiger partial charge < -0.3 is 4.90 Å². The number of carbonyl (C=O) groups excluding carboxylic acids is 1. The molecule has 1 aliphatic rings. The van der Waals surface area contributed by atoms with Gasteiger partial charge in [-0.25, -0.2) is 0 Å². The third-order valence-corrected chi connectivity index (χ3v) is 2.61. The van der Waals surface area contributed by atoms with E-state index in [4.69, 9.17) is 0 Å². The molecule has 0 bridgehead atoms. The number of aromatic nitrogens is 1. The molecule has 2 heterocycles. The first-order chi connectivity index (χ1) is 7.77. The van der Waals surface area contributed by atoms with E-state index in [1.165, 1.54) is 0 Å². The molecular formula is C12H13N3O. The van der Waals surface area contributed by atoms with Crippen LogP contribution in [-0.2, 0) is 4.79 Å². The Bertz CT molecular complexity index is 462. The Kier molecular flexibility index (Phi) is 2.81. The second-order valence-corrected chi connectivity index (χ2v) is 3.48. The van der Waals surface area contributed by atoms with Gasteiger partial charge in [0.2, 0.25) is 0 Å². The molecule has 0 radical (unpaired) electrons. The normalized spacial score (nSPS) is 21.1. The van der Waals surface area contributed by atoms with Crippen LogP contribution in [0.25, 0.3) is 0 Å². The summed E-state index contributed by atoms with van der Waals surface area (Å²) >= 11 is 0. The number of aliphatic imine (C=N–C) groups is 1. The van der Waals surface area contributed by atoms with Gasteiger partial charge in [-0.15, -0.1) is 0 Å². The second-order valence-electron chi connectivity index (χ2n) is 3.48. The number of anilines is 1. The zero-order valence-electron chi connectivity index (χ0n) is 9.34. The van der Waals surface area contributed by atoms with Gasteiger partial charge in [0.1, 0.15) is 0 Å². The molecule has 0 spiro atoms. The first-order valence-corrected chi connectivity index (χ1v) is 5.12. The molecule has 1 saturated heterocycles. The monoisotopic (exact) mass is 215 g/mol. The summed E-state index contributed by atoms with van der Waals surface area (Å²) in [5.41, 5.74) is 2.33. The van der Waals surface area contributed by atoms with Crippen LogP contribution in [0, 0.1) is 0 Å². The number of nitrogens with zero attached hydrogens (tertiary/aromatic N) is 3. The molecule has 1 aromatic rings. The van der Waals surface area contributed by atoms with Gasteiger partial charge in [-0.2, -0.15) is 0 Å². The third-order valence-electron chi connectivity index (χ3n) is 2.61. The minimum Gasteiger partial charge on any atom is -0.301 e. The van der Waals surface area contributed by atoms with Gasteiger partial charge in [-0.3, -0.25) is 14.8 Å². The van der Waals surface area contributed by atoms with E-state index >= 15 is 0 Å². The van der Waals surface area contributed by atoms with Gasteiger partial charge in [0, 0.05) is 13.2 Å². The van der Waals surface area contributed by atoms with Crippen molar-refractivity contribution in [3.8, 4) is 0 Å². The Labute approximate surface area is 94.3 Å². The molecule has 4 heteroatoms. The van der Waals surface area contributed by atoms with E-state index in [2.05, 4.69) is 9.98 Å². The number of hydrogen-bond acceptors (Lipinski definition) is 3. The van der Waals surface area contributed by atoms with Crippen molar-refractivity contribution in [2.75, 3.05) is 18.5 Å². The molecule has 1 amide bonds. The Balaban J connectivity index is 2.38. The van der Waals surface area contributed by atoms with Crippen molar-refractivity contribution in [1.82, 2.24) is 4.98 Å². The van der Waals surface area contributed by atoms with Crippen LogP contribution >= 0.6 is 0 Å². The SMILES string of the molecule is C/C=C1/C(=O)N(c2cccnc2)CC1=NC. The van der Waals surface area contributed by atoms with Crippen molar-refractivity contribution in [3.63, 3.8) is 0 Å². The third kappa shape index (κ3) is 1.62. The molecule has 1 aromatic heterocycles. The molecule has 0 atom stereocenters. The van der Waals surface area contributed by atoms with Crippen LogP contribution in [0.5, 0.6) is 0 Å². The summed E-state index contributed by atoms with van der Waals surface area (Å²) in [6.45, 7) is 2.38. The fraction of sp³-hybridized carbons (Fsp3) is 0.250. The molecular weight excluding hydrogens is 202 g/mol. The lowest BCUT2D eigenvalue weighted by Gasteiger charge is -2.13. The van der Waals surface area contributed by atoms with E-state index in [1.54, 1.807) is 30.4 Å². The number of pyridine rings is 1. The molecule has 0 N–H and O–H groups in total. The maximum atomic E-state index is 12.1. The van der Waals surface area contributed by atoms with Crippen LogP contribution in [0.1, 0.15) is 6.92 Å². The van der Waals surface area contributed by atoms with E-state index in [9.17, 15) is 4.79 Å². The van der Waals surface area contributed by atoms with Crippen molar-refractivity contribution in [2.45, 2.75) is 6.92 Å². The molecule has 0 saturated carbocycles. The summed E-state index contributed by atoms with van der Waals surface area (Å²) < 4.78 is 0. The van der Waals surface area contributed by atoms with Gasteiger partial charge in [-0.1, -0.05) is 6.08 Å². The summed E-state index contributed by atoms with van der Waals surface area (Å²) in [6, 6.07) is 3.69. The lowest BCUT2D eigenvalue weighted by atomic mass is 10.2. The molecule has 0 unspecified atom stereocenters. The number of hydrogen-bond donors (Lipinski definition) is 0. The Morgan fingerprint density at radius 3 is 2.88 bits per heavy atom. The zero-order valence-corrected chi connectivity index (χ0v) is 9.34. The minimum atomic E-state index is -0.00361. The number of carbonyl (C=O) groups is 1. The summed E-state index contributed by atoms with van der Waals surface area (Å²) in [5, 5.41) is 0. The van der Waals surface area contributed by atoms with Gasteiger partial charge in [0.15, 0.2) is 0 Å². The molecule has 1 aliphatic heterocycles. The van der Waals surface area contributed by atoms with Crippen LogP contribution in [0.2, 0.25) is 0 Å². The van der Waals surface area contributed by atoms with Gasteiger partial charge in [0.25, 0.3) is 5.91 Å². The van der Waals surface area contributed by atoms with Gasteiger partial charge in [0.05, 0.1) is 29.7 Å². The Morgan fingerprint density at radius 2 is 2.38 bits per heavy atom. The number of amides is 1. The first-order valence-electron chi connectivity index (χ1n) is 5.12. The van der Waals surface area contributed by atoms with Crippen LogP contribution < -0.4 is 4.90 Å².